The van der Waals surface area contributed by atoms with Gasteiger partial charge in [0.2, 0.25) is 0 Å². The first kappa shape index (κ1) is 12.1. The van der Waals surface area contributed by atoms with Gasteiger partial charge in [0.05, 0.1) is 0 Å². The largest absolute Gasteiger partial charge is 0.316 e. The Kier molecular flexibility index (Phi) is 4.42. The molecular formula is C14H23NS. The molecule has 0 radical (unpaired) electrons. The van der Waals surface area contributed by atoms with E-state index < -0.39 is 0 Å². The van der Waals surface area contributed by atoms with E-state index in [1.807, 2.05) is 0 Å². The standard InChI is InChI=1S/C14H23NS/c1-14(7-3-2-4-8-14)12-15-9-5-13-6-10-16-11-13/h6,10-11,15H,2-5,7-9,12H2,1H3. The molecule has 0 amide bonds. The molecule has 1 fully saturated rings. The summed E-state index contributed by atoms with van der Waals surface area (Å²) in [5.74, 6) is 0. The molecule has 1 aliphatic rings. The van der Waals surface area contributed by atoms with Gasteiger partial charge in [-0.3, -0.25) is 0 Å². The summed E-state index contributed by atoms with van der Waals surface area (Å²) < 4.78 is 0. The zero-order chi connectivity index (χ0) is 11.3. The van der Waals surface area contributed by atoms with E-state index in [0.29, 0.717) is 5.41 Å². The van der Waals surface area contributed by atoms with Crippen molar-refractivity contribution in [1.82, 2.24) is 5.32 Å². The second-order valence-electron chi connectivity index (χ2n) is 5.43. The van der Waals surface area contributed by atoms with E-state index in [4.69, 9.17) is 0 Å². The van der Waals surface area contributed by atoms with Crippen LogP contribution in [0.4, 0.5) is 0 Å². The van der Waals surface area contributed by atoms with Gasteiger partial charge < -0.3 is 5.32 Å². The van der Waals surface area contributed by atoms with Crippen molar-refractivity contribution in [1.29, 1.82) is 0 Å². The number of nitrogens with one attached hydrogen (secondary N) is 1. The van der Waals surface area contributed by atoms with Crippen LogP contribution in [-0.4, -0.2) is 13.1 Å². The van der Waals surface area contributed by atoms with E-state index in [2.05, 4.69) is 29.1 Å². The highest BCUT2D eigenvalue weighted by Crippen LogP contribution is 2.34. The first-order chi connectivity index (χ1) is 7.79. The highest BCUT2D eigenvalue weighted by atomic mass is 32.1. The third-order valence-electron chi connectivity index (χ3n) is 3.78. The molecule has 0 aliphatic heterocycles. The summed E-state index contributed by atoms with van der Waals surface area (Å²) in [6, 6.07) is 2.23. The van der Waals surface area contributed by atoms with Crippen molar-refractivity contribution in [2.45, 2.75) is 45.4 Å². The van der Waals surface area contributed by atoms with Gasteiger partial charge in [-0.15, -0.1) is 0 Å². The zero-order valence-electron chi connectivity index (χ0n) is 10.3. The van der Waals surface area contributed by atoms with Crippen molar-refractivity contribution in [3.05, 3.63) is 22.4 Å². The molecule has 0 aromatic carbocycles. The molecule has 1 nitrogen and oxygen atoms in total. The van der Waals surface area contributed by atoms with Gasteiger partial charge in [0.1, 0.15) is 0 Å². The lowest BCUT2D eigenvalue weighted by Crippen LogP contribution is -2.34. The fraction of sp³-hybridized carbons (Fsp3) is 0.714. The van der Waals surface area contributed by atoms with Crippen molar-refractivity contribution < 1.29 is 0 Å². The number of hydrogen-bond acceptors (Lipinski definition) is 2. The molecule has 1 saturated carbocycles. The van der Waals surface area contributed by atoms with E-state index in [1.165, 1.54) is 50.6 Å². The minimum absolute atomic E-state index is 0.576. The minimum Gasteiger partial charge on any atom is -0.316 e. The Morgan fingerprint density at radius 3 is 2.81 bits per heavy atom. The molecule has 1 aromatic heterocycles. The van der Waals surface area contributed by atoms with Crippen molar-refractivity contribution in [2.75, 3.05) is 13.1 Å². The summed E-state index contributed by atoms with van der Waals surface area (Å²) in [6.07, 6.45) is 8.33. The monoisotopic (exact) mass is 237 g/mol. The van der Waals surface area contributed by atoms with E-state index in [-0.39, 0.29) is 0 Å². The van der Waals surface area contributed by atoms with Crippen LogP contribution in [0.1, 0.15) is 44.6 Å². The maximum atomic E-state index is 3.64. The smallest absolute Gasteiger partial charge is 0.000529 e. The molecule has 90 valence electrons. The fourth-order valence-electron chi connectivity index (χ4n) is 2.64. The van der Waals surface area contributed by atoms with Gasteiger partial charge in [0, 0.05) is 6.54 Å². The second-order valence-corrected chi connectivity index (χ2v) is 6.21. The summed E-state index contributed by atoms with van der Waals surface area (Å²) >= 11 is 1.80. The summed E-state index contributed by atoms with van der Waals surface area (Å²) in [6.45, 7) is 4.78. The molecule has 2 heteroatoms. The van der Waals surface area contributed by atoms with Crippen molar-refractivity contribution in [2.24, 2.45) is 5.41 Å². The molecule has 0 bridgehead atoms. The Morgan fingerprint density at radius 2 is 2.12 bits per heavy atom. The molecule has 16 heavy (non-hydrogen) atoms. The lowest BCUT2D eigenvalue weighted by Gasteiger charge is -2.33. The van der Waals surface area contributed by atoms with Gasteiger partial charge in [0.15, 0.2) is 0 Å². The maximum Gasteiger partial charge on any atom is 0.000529 e. The van der Waals surface area contributed by atoms with E-state index in [9.17, 15) is 0 Å². The Hall–Kier alpha value is -0.340. The van der Waals surface area contributed by atoms with E-state index >= 15 is 0 Å². The average Bonchev–Trinajstić information content (AvgIpc) is 2.78. The van der Waals surface area contributed by atoms with Gasteiger partial charge in [-0.2, -0.15) is 11.3 Å². The van der Waals surface area contributed by atoms with Crippen LogP contribution in [-0.2, 0) is 6.42 Å². The van der Waals surface area contributed by atoms with Crippen LogP contribution in [0.3, 0.4) is 0 Å². The minimum atomic E-state index is 0.576. The molecule has 0 saturated heterocycles. The lowest BCUT2D eigenvalue weighted by molar-refractivity contribution is 0.208. The van der Waals surface area contributed by atoms with Gasteiger partial charge in [-0.1, -0.05) is 26.2 Å². The topological polar surface area (TPSA) is 12.0 Å². The average molecular weight is 237 g/mol. The Labute approximate surface area is 103 Å². The first-order valence-electron chi connectivity index (χ1n) is 6.50. The molecule has 0 atom stereocenters. The fourth-order valence-corrected chi connectivity index (χ4v) is 3.34. The Bertz CT molecular complexity index is 286. The van der Waals surface area contributed by atoms with E-state index in [1.54, 1.807) is 11.3 Å². The predicted octanol–water partition coefficient (Wildman–Crippen LogP) is 3.85. The molecule has 1 aromatic rings. The second kappa shape index (κ2) is 5.83. The van der Waals surface area contributed by atoms with Gasteiger partial charge in [0.25, 0.3) is 0 Å². The lowest BCUT2D eigenvalue weighted by atomic mass is 9.76. The van der Waals surface area contributed by atoms with E-state index in [0.717, 1.165) is 6.54 Å². The molecule has 1 heterocycles. The Morgan fingerprint density at radius 1 is 1.31 bits per heavy atom. The normalized spacial score (nSPS) is 19.8. The maximum absolute atomic E-state index is 3.64. The zero-order valence-corrected chi connectivity index (χ0v) is 11.1. The molecular weight excluding hydrogens is 214 g/mol. The molecule has 1 aliphatic carbocycles. The third-order valence-corrected chi connectivity index (χ3v) is 4.52. The SMILES string of the molecule is CC1(CNCCc2ccsc2)CCCCC1. The van der Waals surface area contributed by atoms with Gasteiger partial charge >= 0.3 is 0 Å². The highest BCUT2D eigenvalue weighted by molar-refractivity contribution is 7.07. The number of hydrogen-bond donors (Lipinski definition) is 1. The molecule has 0 spiro atoms. The summed E-state index contributed by atoms with van der Waals surface area (Å²) in [5, 5.41) is 8.06. The first-order valence-corrected chi connectivity index (χ1v) is 7.45. The van der Waals surface area contributed by atoms with Crippen LogP contribution in [0.25, 0.3) is 0 Å². The van der Waals surface area contributed by atoms with Crippen LogP contribution in [0.2, 0.25) is 0 Å². The predicted molar refractivity (Wildman–Crippen MR) is 72.1 cm³/mol. The van der Waals surface area contributed by atoms with Crippen LogP contribution in [0, 0.1) is 5.41 Å². The molecule has 1 N–H and O–H groups in total. The molecule has 0 unspecified atom stereocenters. The van der Waals surface area contributed by atoms with Crippen molar-refractivity contribution in [3.8, 4) is 0 Å². The molecule has 2 rings (SSSR count). The summed E-state index contributed by atoms with van der Waals surface area (Å²) in [7, 11) is 0. The summed E-state index contributed by atoms with van der Waals surface area (Å²) in [5.41, 5.74) is 2.05. The van der Waals surface area contributed by atoms with Gasteiger partial charge in [-0.25, -0.2) is 0 Å². The quantitative estimate of drug-likeness (QED) is 0.767. The highest BCUT2D eigenvalue weighted by Gasteiger charge is 2.25. The Balaban J connectivity index is 1.63. The van der Waals surface area contributed by atoms with Crippen LogP contribution < -0.4 is 5.32 Å². The van der Waals surface area contributed by atoms with Crippen LogP contribution in [0.15, 0.2) is 16.8 Å². The number of thiophene rings is 1. The van der Waals surface area contributed by atoms with Crippen LogP contribution in [0.5, 0.6) is 0 Å². The number of rotatable bonds is 5. The third kappa shape index (κ3) is 3.60. The summed E-state index contributed by atoms with van der Waals surface area (Å²) in [4.78, 5) is 0. The van der Waals surface area contributed by atoms with Crippen molar-refractivity contribution in [3.63, 3.8) is 0 Å². The van der Waals surface area contributed by atoms with Gasteiger partial charge in [-0.05, 0) is 53.6 Å². The van der Waals surface area contributed by atoms with Crippen LogP contribution >= 0.6 is 11.3 Å². The van der Waals surface area contributed by atoms with Crippen molar-refractivity contribution >= 4 is 11.3 Å².